The maximum atomic E-state index is 15.1. The highest BCUT2D eigenvalue weighted by atomic mass is 35.5. The maximum Gasteiger partial charge on any atom is 0.188 e. The number of fused-ring (bicyclic) bond motifs is 1. The van der Waals surface area contributed by atoms with Crippen molar-refractivity contribution < 1.29 is 17.2 Å². The molecule has 1 saturated heterocycles. The Hall–Kier alpha value is -1.19. The number of hydrogen-bond acceptors (Lipinski definition) is 5. The van der Waals surface area contributed by atoms with Gasteiger partial charge in [-0.15, -0.1) is 0 Å². The molecule has 1 heterocycles. The van der Waals surface area contributed by atoms with Crippen LogP contribution in [-0.2, 0) is 14.6 Å². The van der Waals surface area contributed by atoms with Crippen LogP contribution in [0.1, 0.15) is 37.7 Å². The number of nitrogens with zero attached hydrogens (tertiary/aromatic N) is 1. The predicted octanol–water partition coefficient (Wildman–Crippen LogP) is 5.09. The van der Waals surface area contributed by atoms with E-state index in [1.165, 1.54) is 24.3 Å². The molecule has 3 fully saturated rings. The molecule has 0 spiro atoms. The lowest BCUT2D eigenvalue weighted by Gasteiger charge is -2.48. The van der Waals surface area contributed by atoms with Crippen LogP contribution in [0.2, 0.25) is 5.02 Å². The van der Waals surface area contributed by atoms with E-state index in [0.717, 1.165) is 37.6 Å². The number of sulfone groups is 1. The molecule has 2 aromatic carbocycles. The van der Waals surface area contributed by atoms with Gasteiger partial charge in [-0.3, -0.25) is 0 Å². The Morgan fingerprint density at radius 2 is 1.84 bits per heavy atom. The van der Waals surface area contributed by atoms with Gasteiger partial charge in [-0.1, -0.05) is 11.6 Å². The van der Waals surface area contributed by atoms with Gasteiger partial charge in [0.1, 0.15) is 16.4 Å². The number of benzene rings is 2. The molecule has 1 N–H and O–H groups in total. The van der Waals surface area contributed by atoms with Gasteiger partial charge in [0.2, 0.25) is 0 Å². The van der Waals surface area contributed by atoms with Crippen LogP contribution < -0.4 is 4.72 Å². The van der Waals surface area contributed by atoms with Gasteiger partial charge in [0, 0.05) is 41.3 Å². The molecule has 2 saturated carbocycles. The third-order valence-corrected chi connectivity index (χ3v) is 10.6. The fraction of sp³-hybridized carbons (Fsp3) is 0.455. The molecule has 5 rings (SSSR count). The largest absolute Gasteiger partial charge is 0.247 e. The minimum absolute atomic E-state index is 0.0142. The summed E-state index contributed by atoms with van der Waals surface area (Å²) in [4.78, 5) is 0.0798. The van der Waals surface area contributed by atoms with Crippen molar-refractivity contribution in [3.63, 3.8) is 0 Å². The zero-order valence-corrected chi connectivity index (χ0v) is 19.1. The molecular formula is C22H23ClF2N2O2S2. The maximum absolute atomic E-state index is 15.1. The zero-order valence-electron chi connectivity index (χ0n) is 16.7. The standard InChI is InChI=1S/C22H23ClF2N2O2S2/c23-15-1-6-18(7-2-15)31(28,29)22(19-11-16(24)3-8-20(19)25)10-9-21-14(12-22)13-27(30-26-21)17-4-5-17/h1-3,6-8,11,14,17,21,26H,4-5,9-10,12-13H2/t14-,21-,22+/m1/s1. The molecule has 2 aromatic rings. The Kier molecular flexibility index (Phi) is 5.58. The van der Waals surface area contributed by atoms with E-state index in [-0.39, 0.29) is 35.3 Å². The van der Waals surface area contributed by atoms with E-state index >= 15 is 4.39 Å². The van der Waals surface area contributed by atoms with Crippen LogP contribution in [0.15, 0.2) is 47.4 Å². The molecule has 31 heavy (non-hydrogen) atoms. The summed E-state index contributed by atoms with van der Waals surface area (Å²) in [6, 6.07) is 9.71. The summed E-state index contributed by atoms with van der Waals surface area (Å²) < 4.78 is 61.5. The molecule has 0 bridgehead atoms. The van der Waals surface area contributed by atoms with Gasteiger partial charge in [0.25, 0.3) is 0 Å². The topological polar surface area (TPSA) is 49.4 Å². The van der Waals surface area contributed by atoms with E-state index in [2.05, 4.69) is 9.03 Å². The Balaban J connectivity index is 1.61. The Morgan fingerprint density at radius 3 is 2.55 bits per heavy atom. The van der Waals surface area contributed by atoms with Crippen LogP contribution in [0.3, 0.4) is 0 Å². The van der Waals surface area contributed by atoms with Gasteiger partial charge >= 0.3 is 0 Å². The van der Waals surface area contributed by atoms with E-state index in [4.69, 9.17) is 11.6 Å². The Bertz CT molecular complexity index is 1100. The first-order valence-electron chi connectivity index (χ1n) is 10.4. The lowest BCUT2D eigenvalue weighted by molar-refractivity contribution is 0.186. The summed E-state index contributed by atoms with van der Waals surface area (Å²) in [6.07, 6.45) is 3.30. The van der Waals surface area contributed by atoms with Gasteiger partial charge in [0.15, 0.2) is 9.84 Å². The van der Waals surface area contributed by atoms with Crippen molar-refractivity contribution in [3.8, 4) is 0 Å². The van der Waals surface area contributed by atoms with Crippen molar-refractivity contribution in [2.75, 3.05) is 6.54 Å². The molecule has 166 valence electrons. The summed E-state index contributed by atoms with van der Waals surface area (Å²) in [6.45, 7) is 0.738. The second-order valence-corrected chi connectivity index (χ2v) is 12.3. The van der Waals surface area contributed by atoms with E-state index < -0.39 is 26.2 Å². The van der Waals surface area contributed by atoms with Crippen molar-refractivity contribution in [1.29, 1.82) is 0 Å². The van der Waals surface area contributed by atoms with Crippen LogP contribution >= 0.6 is 23.7 Å². The van der Waals surface area contributed by atoms with Crippen molar-refractivity contribution >= 4 is 33.6 Å². The highest BCUT2D eigenvalue weighted by Gasteiger charge is 2.54. The number of halogens is 3. The highest BCUT2D eigenvalue weighted by molar-refractivity contribution is 7.95. The normalized spacial score (nSPS) is 29.5. The smallest absolute Gasteiger partial charge is 0.188 e. The zero-order chi connectivity index (χ0) is 21.8. The molecule has 2 aliphatic carbocycles. The van der Waals surface area contributed by atoms with E-state index in [9.17, 15) is 12.8 Å². The second-order valence-electron chi connectivity index (χ2n) is 8.73. The molecular weight excluding hydrogens is 462 g/mol. The molecule has 0 unspecified atom stereocenters. The quantitative estimate of drug-likeness (QED) is 0.613. The molecule has 0 radical (unpaired) electrons. The number of rotatable bonds is 4. The average molecular weight is 485 g/mol. The fourth-order valence-electron chi connectivity index (χ4n) is 4.95. The molecule has 0 amide bonds. The van der Waals surface area contributed by atoms with Crippen molar-refractivity contribution in [3.05, 3.63) is 64.7 Å². The number of nitrogens with one attached hydrogen (secondary N) is 1. The van der Waals surface area contributed by atoms with E-state index in [0.29, 0.717) is 17.5 Å². The first-order chi connectivity index (χ1) is 14.8. The summed E-state index contributed by atoms with van der Waals surface area (Å²) in [5.74, 6) is -1.31. The van der Waals surface area contributed by atoms with E-state index in [1.54, 1.807) is 12.1 Å². The van der Waals surface area contributed by atoms with Crippen LogP contribution in [0.4, 0.5) is 8.78 Å². The Labute approximate surface area is 190 Å². The van der Waals surface area contributed by atoms with Gasteiger partial charge in [0.05, 0.1) is 4.90 Å². The monoisotopic (exact) mass is 484 g/mol. The lowest BCUT2D eigenvalue weighted by atomic mass is 9.74. The average Bonchev–Trinajstić information content (AvgIpc) is 3.60. The molecule has 3 atom stereocenters. The summed E-state index contributed by atoms with van der Waals surface area (Å²) in [5.41, 5.74) is -0.0721. The summed E-state index contributed by atoms with van der Waals surface area (Å²) in [7, 11) is -4.02. The lowest BCUT2D eigenvalue weighted by Crippen LogP contribution is -2.54. The fourth-order valence-corrected chi connectivity index (χ4v) is 8.49. The van der Waals surface area contributed by atoms with Crippen LogP contribution in [-0.4, -0.2) is 31.4 Å². The first kappa shape index (κ1) is 21.6. The van der Waals surface area contributed by atoms with Gasteiger partial charge in [-0.25, -0.2) is 26.2 Å². The third kappa shape index (κ3) is 3.80. The molecule has 9 heteroatoms. The van der Waals surface area contributed by atoms with Crippen molar-refractivity contribution in [2.45, 2.75) is 53.8 Å². The molecule has 0 aromatic heterocycles. The second kappa shape index (κ2) is 7.99. The van der Waals surface area contributed by atoms with Crippen LogP contribution in [0.25, 0.3) is 0 Å². The van der Waals surface area contributed by atoms with Crippen LogP contribution in [0, 0.1) is 17.6 Å². The van der Waals surface area contributed by atoms with Gasteiger partial charge < -0.3 is 0 Å². The minimum Gasteiger partial charge on any atom is -0.247 e. The van der Waals surface area contributed by atoms with E-state index in [1.807, 2.05) is 0 Å². The van der Waals surface area contributed by atoms with Crippen molar-refractivity contribution in [2.24, 2.45) is 5.92 Å². The molecule has 3 aliphatic rings. The summed E-state index contributed by atoms with van der Waals surface area (Å²) in [5, 5.41) is 0.419. The highest BCUT2D eigenvalue weighted by Crippen LogP contribution is 2.52. The van der Waals surface area contributed by atoms with Gasteiger partial charge in [-0.05, 0) is 80.5 Å². The first-order valence-corrected chi connectivity index (χ1v) is 13.1. The molecule has 4 nitrogen and oxygen atoms in total. The molecule has 1 aliphatic heterocycles. The summed E-state index contributed by atoms with van der Waals surface area (Å²) >= 11 is 7.58. The Morgan fingerprint density at radius 1 is 1.10 bits per heavy atom. The third-order valence-electron chi connectivity index (χ3n) is 6.77. The van der Waals surface area contributed by atoms with Crippen molar-refractivity contribution in [1.82, 2.24) is 9.03 Å². The number of hydrogen-bond donors (Lipinski definition) is 1. The van der Waals surface area contributed by atoms with Gasteiger partial charge in [-0.2, -0.15) is 0 Å². The SMILES string of the molecule is O=S(=O)(c1ccc(Cl)cc1)[C@@]1(c2cc(F)ccc2F)CC[C@H]2NSN(C3CC3)C[C@H]2C1. The predicted molar refractivity (Wildman–Crippen MR) is 118 cm³/mol. The van der Waals surface area contributed by atoms with Crippen LogP contribution in [0.5, 0.6) is 0 Å². The minimum atomic E-state index is -4.02.